The maximum atomic E-state index is 13.0. The van der Waals surface area contributed by atoms with Crippen LogP contribution in [0.15, 0.2) is 47.9 Å². The fourth-order valence-electron chi connectivity index (χ4n) is 3.57. The predicted octanol–water partition coefficient (Wildman–Crippen LogP) is 2.83. The third kappa shape index (κ3) is 5.09. The Bertz CT molecular complexity index is 1200. The molecule has 3 aromatic rings. The molecular formula is C22H29N7O3S. The summed E-state index contributed by atoms with van der Waals surface area (Å²) in [5.41, 5.74) is 1.71. The summed E-state index contributed by atoms with van der Waals surface area (Å²) in [4.78, 5) is 15.3. The van der Waals surface area contributed by atoms with Crippen LogP contribution in [0.4, 0.5) is 17.5 Å². The fraction of sp³-hybridized carbons (Fsp3) is 0.409. The number of hydrogen-bond acceptors (Lipinski definition) is 8. The number of methoxy groups -OCH3 is 1. The number of nitrogens with zero attached hydrogens (tertiary/aromatic N) is 6. The smallest absolute Gasteiger partial charge is 0.262 e. The Hall–Kier alpha value is -3.18. The minimum absolute atomic E-state index is 0.0856. The lowest BCUT2D eigenvalue weighted by Crippen LogP contribution is -2.49. The normalized spacial score (nSPS) is 15.1. The van der Waals surface area contributed by atoms with Gasteiger partial charge in [0.15, 0.2) is 5.03 Å². The Balaban J connectivity index is 1.44. The lowest BCUT2D eigenvalue weighted by atomic mass is 10.3. The molecule has 3 heterocycles. The highest BCUT2D eigenvalue weighted by molar-refractivity contribution is 7.89. The number of anilines is 3. The van der Waals surface area contributed by atoms with Gasteiger partial charge < -0.3 is 19.5 Å². The molecule has 0 saturated carbocycles. The van der Waals surface area contributed by atoms with E-state index in [1.807, 2.05) is 56.0 Å². The quantitative estimate of drug-likeness (QED) is 0.561. The fourth-order valence-corrected chi connectivity index (χ4v) is 4.92. The monoisotopic (exact) mass is 471 g/mol. The van der Waals surface area contributed by atoms with E-state index in [9.17, 15) is 8.42 Å². The van der Waals surface area contributed by atoms with Gasteiger partial charge in [-0.3, -0.25) is 0 Å². The van der Waals surface area contributed by atoms with Crippen LogP contribution in [0.2, 0.25) is 0 Å². The van der Waals surface area contributed by atoms with Crippen LogP contribution in [0.1, 0.15) is 25.6 Å². The summed E-state index contributed by atoms with van der Waals surface area (Å²) in [6.07, 6.45) is 3.15. The molecule has 0 bridgehead atoms. The zero-order valence-electron chi connectivity index (χ0n) is 19.3. The molecule has 4 rings (SSSR count). The molecule has 1 saturated heterocycles. The van der Waals surface area contributed by atoms with Gasteiger partial charge in [-0.1, -0.05) is 0 Å². The number of imidazole rings is 1. The zero-order valence-corrected chi connectivity index (χ0v) is 20.1. The van der Waals surface area contributed by atoms with Gasteiger partial charge in [0, 0.05) is 55.9 Å². The SMILES string of the molecule is COc1ccc(Nc2cc(C)nc(N3CCN(S(=O)(=O)c4cn(C(C)C)cn4)CC3)n2)cc1. The van der Waals surface area contributed by atoms with E-state index in [2.05, 4.69) is 20.3 Å². The molecule has 0 aliphatic carbocycles. The summed E-state index contributed by atoms with van der Waals surface area (Å²) in [6, 6.07) is 9.61. The van der Waals surface area contributed by atoms with Crippen molar-refractivity contribution in [1.82, 2.24) is 23.8 Å². The summed E-state index contributed by atoms with van der Waals surface area (Å²) in [5.74, 6) is 2.04. The summed E-state index contributed by atoms with van der Waals surface area (Å²) < 4.78 is 34.5. The van der Waals surface area contributed by atoms with E-state index in [4.69, 9.17) is 4.74 Å². The van der Waals surface area contributed by atoms with E-state index >= 15 is 0 Å². The molecule has 10 nitrogen and oxygen atoms in total. The molecule has 1 N–H and O–H groups in total. The standard InChI is InChI=1S/C22H29N7O3S/c1-16(2)28-14-21(23-15-28)33(30,31)29-11-9-27(10-12-29)22-24-17(3)13-20(26-22)25-18-5-7-19(32-4)8-6-18/h5-8,13-16H,9-12H2,1-4H3,(H,24,25,26). The van der Waals surface area contributed by atoms with Crippen molar-refractivity contribution < 1.29 is 13.2 Å². The first-order valence-corrected chi connectivity index (χ1v) is 12.3. The van der Waals surface area contributed by atoms with Crippen LogP contribution in [0.25, 0.3) is 0 Å². The first kappa shape index (κ1) is 23.0. The van der Waals surface area contributed by atoms with E-state index < -0.39 is 10.0 Å². The van der Waals surface area contributed by atoms with Crippen LogP contribution in [-0.4, -0.2) is 65.5 Å². The maximum absolute atomic E-state index is 13.0. The van der Waals surface area contributed by atoms with Gasteiger partial charge in [0.2, 0.25) is 5.95 Å². The molecule has 0 radical (unpaired) electrons. The Morgan fingerprint density at radius 1 is 1.06 bits per heavy atom. The Labute approximate surface area is 194 Å². The molecule has 33 heavy (non-hydrogen) atoms. The third-order valence-corrected chi connectivity index (χ3v) is 7.29. The highest BCUT2D eigenvalue weighted by atomic mass is 32.2. The highest BCUT2D eigenvalue weighted by Crippen LogP contribution is 2.23. The van der Waals surface area contributed by atoms with Crippen LogP contribution in [0, 0.1) is 6.92 Å². The van der Waals surface area contributed by atoms with E-state index in [0.717, 1.165) is 17.1 Å². The van der Waals surface area contributed by atoms with Crippen molar-refractivity contribution in [2.75, 3.05) is 43.5 Å². The van der Waals surface area contributed by atoms with Gasteiger partial charge in [-0.15, -0.1) is 0 Å². The summed E-state index contributed by atoms with van der Waals surface area (Å²) >= 11 is 0. The lowest BCUT2D eigenvalue weighted by Gasteiger charge is -2.33. The second-order valence-electron chi connectivity index (χ2n) is 8.19. The van der Waals surface area contributed by atoms with Crippen LogP contribution in [-0.2, 0) is 10.0 Å². The van der Waals surface area contributed by atoms with E-state index in [0.29, 0.717) is 37.9 Å². The molecular weight excluding hydrogens is 442 g/mol. The van der Waals surface area contributed by atoms with Gasteiger partial charge >= 0.3 is 0 Å². The maximum Gasteiger partial charge on any atom is 0.262 e. The van der Waals surface area contributed by atoms with Crippen LogP contribution < -0.4 is 15.0 Å². The van der Waals surface area contributed by atoms with Gasteiger partial charge in [-0.25, -0.2) is 18.4 Å². The van der Waals surface area contributed by atoms with E-state index in [1.165, 1.54) is 4.31 Å². The van der Waals surface area contributed by atoms with Gasteiger partial charge in [0.1, 0.15) is 11.6 Å². The number of sulfonamides is 1. The van der Waals surface area contributed by atoms with Crippen molar-refractivity contribution in [2.45, 2.75) is 31.8 Å². The van der Waals surface area contributed by atoms with Crippen molar-refractivity contribution in [3.05, 3.63) is 48.5 Å². The van der Waals surface area contributed by atoms with Gasteiger partial charge in [-0.05, 0) is 45.0 Å². The predicted molar refractivity (Wildman–Crippen MR) is 127 cm³/mol. The summed E-state index contributed by atoms with van der Waals surface area (Å²) in [5, 5.41) is 3.38. The second-order valence-corrected chi connectivity index (χ2v) is 10.1. The molecule has 0 unspecified atom stereocenters. The topological polar surface area (TPSA) is 105 Å². The first-order valence-electron chi connectivity index (χ1n) is 10.8. The van der Waals surface area contributed by atoms with Crippen LogP contribution in [0.5, 0.6) is 5.75 Å². The minimum Gasteiger partial charge on any atom is -0.497 e. The van der Waals surface area contributed by atoms with Crippen molar-refractivity contribution in [3.63, 3.8) is 0 Å². The number of rotatable bonds is 7. The summed E-state index contributed by atoms with van der Waals surface area (Å²) in [6.45, 7) is 7.55. The largest absolute Gasteiger partial charge is 0.497 e. The number of benzene rings is 1. The number of hydrogen-bond donors (Lipinski definition) is 1. The van der Waals surface area contributed by atoms with Crippen molar-refractivity contribution in [2.24, 2.45) is 0 Å². The molecule has 2 aromatic heterocycles. The number of piperazine rings is 1. The zero-order chi connectivity index (χ0) is 23.6. The Kier molecular flexibility index (Phi) is 6.52. The first-order chi connectivity index (χ1) is 15.8. The van der Waals surface area contributed by atoms with E-state index in [-0.39, 0.29) is 11.1 Å². The molecule has 1 aliphatic rings. The Morgan fingerprint density at radius 2 is 1.76 bits per heavy atom. The van der Waals surface area contributed by atoms with Crippen LogP contribution >= 0.6 is 0 Å². The average Bonchev–Trinajstić information content (AvgIpc) is 3.31. The summed E-state index contributed by atoms with van der Waals surface area (Å²) in [7, 11) is -2.00. The van der Waals surface area contributed by atoms with Gasteiger partial charge in [0.05, 0.1) is 13.4 Å². The highest BCUT2D eigenvalue weighted by Gasteiger charge is 2.31. The molecule has 1 aliphatic heterocycles. The van der Waals surface area contributed by atoms with Gasteiger partial charge in [-0.2, -0.15) is 9.29 Å². The Morgan fingerprint density at radius 3 is 2.36 bits per heavy atom. The molecule has 0 atom stereocenters. The molecule has 11 heteroatoms. The molecule has 0 amide bonds. The van der Waals surface area contributed by atoms with Crippen molar-refractivity contribution in [3.8, 4) is 5.75 Å². The lowest BCUT2D eigenvalue weighted by molar-refractivity contribution is 0.381. The molecule has 0 spiro atoms. The van der Waals surface area contributed by atoms with Crippen LogP contribution in [0.3, 0.4) is 0 Å². The minimum atomic E-state index is -3.63. The average molecular weight is 472 g/mol. The van der Waals surface area contributed by atoms with Crippen molar-refractivity contribution in [1.29, 1.82) is 0 Å². The molecule has 176 valence electrons. The van der Waals surface area contributed by atoms with Crippen molar-refractivity contribution >= 4 is 27.5 Å². The number of aryl methyl sites for hydroxylation is 1. The molecule has 1 fully saturated rings. The number of ether oxygens (including phenoxy) is 1. The molecule has 1 aromatic carbocycles. The third-order valence-electron chi connectivity index (χ3n) is 5.50. The van der Waals surface area contributed by atoms with Gasteiger partial charge in [0.25, 0.3) is 10.0 Å². The number of aromatic nitrogens is 4. The number of nitrogens with one attached hydrogen (secondary N) is 1. The van der Waals surface area contributed by atoms with E-state index in [1.54, 1.807) is 24.2 Å². The second kappa shape index (κ2) is 9.36.